The van der Waals surface area contributed by atoms with Crippen molar-refractivity contribution in [2.24, 2.45) is 0 Å². The standard InChI is InChI=1S/C4H12AsN/c1-4(5)6(2)3/h4H,5H2,1-3H3. The number of rotatable bonds is 1. The molecule has 38 valence electrons. The van der Waals surface area contributed by atoms with Crippen molar-refractivity contribution in [1.29, 1.82) is 0 Å². The summed E-state index contributed by atoms with van der Waals surface area (Å²) in [6.45, 7) is 2.19. The predicted molar refractivity (Wildman–Crippen MR) is 31.7 cm³/mol. The van der Waals surface area contributed by atoms with Crippen LogP contribution in [-0.2, 0) is 0 Å². The van der Waals surface area contributed by atoms with Crippen molar-refractivity contribution in [3.05, 3.63) is 0 Å². The molecule has 0 aromatic carbocycles. The van der Waals surface area contributed by atoms with Crippen LogP contribution in [0.15, 0.2) is 0 Å². The molecule has 0 heterocycles. The van der Waals surface area contributed by atoms with E-state index in [4.69, 9.17) is 0 Å². The Hall–Kier alpha value is 0.518. The SMILES string of the molecule is CC([AsH2])N(C)C. The van der Waals surface area contributed by atoms with Gasteiger partial charge < -0.3 is 0 Å². The van der Waals surface area contributed by atoms with Gasteiger partial charge in [-0.3, -0.25) is 0 Å². The summed E-state index contributed by atoms with van der Waals surface area (Å²) in [5.74, 6) is 0. The van der Waals surface area contributed by atoms with Crippen LogP contribution in [0.5, 0.6) is 0 Å². The number of hydrogen-bond acceptors (Lipinski definition) is 1. The molecule has 6 heavy (non-hydrogen) atoms. The maximum absolute atomic E-state index is 2.19. The molecule has 0 rings (SSSR count). The molecule has 0 spiro atoms. The van der Waals surface area contributed by atoms with Gasteiger partial charge in [0.25, 0.3) is 0 Å². The van der Waals surface area contributed by atoms with Crippen LogP contribution < -0.4 is 0 Å². The molecule has 0 aromatic heterocycles. The van der Waals surface area contributed by atoms with Gasteiger partial charge in [-0.1, -0.05) is 0 Å². The molecule has 0 saturated heterocycles. The van der Waals surface area contributed by atoms with Crippen LogP contribution in [0.4, 0.5) is 0 Å². The average Bonchev–Trinajstić information content (AvgIpc) is 1.36. The minimum atomic E-state index is 0.748. The third kappa shape index (κ3) is 2.74. The van der Waals surface area contributed by atoms with E-state index in [1.807, 2.05) is 0 Å². The van der Waals surface area contributed by atoms with Crippen molar-refractivity contribution in [1.82, 2.24) is 4.90 Å². The molecule has 2 heteroatoms. The molecule has 0 bridgehead atoms. The van der Waals surface area contributed by atoms with Crippen molar-refractivity contribution in [3.63, 3.8) is 0 Å². The molecule has 0 aliphatic carbocycles. The Morgan fingerprint density at radius 2 is 1.67 bits per heavy atom. The Morgan fingerprint density at radius 1 is 1.50 bits per heavy atom. The summed E-state index contributed by atoms with van der Waals surface area (Å²) in [5.41, 5.74) is 0. The fourth-order valence-electron chi connectivity index (χ4n) is 0. The van der Waals surface area contributed by atoms with Gasteiger partial charge in [-0.2, -0.15) is 0 Å². The third-order valence-corrected chi connectivity index (χ3v) is 2.07. The molecule has 0 aliphatic heterocycles. The second-order valence-electron chi connectivity index (χ2n) is 1.70. The van der Waals surface area contributed by atoms with Gasteiger partial charge in [-0.25, -0.2) is 0 Å². The second kappa shape index (κ2) is 2.65. The molecule has 0 saturated carbocycles. The third-order valence-electron chi connectivity index (χ3n) is 0.815. The predicted octanol–water partition coefficient (Wildman–Crippen LogP) is -0.473. The minimum absolute atomic E-state index is 0.748. The average molecular weight is 149 g/mol. The van der Waals surface area contributed by atoms with Gasteiger partial charge in [0, 0.05) is 0 Å². The summed E-state index contributed by atoms with van der Waals surface area (Å²) >= 11 is 1.77. The van der Waals surface area contributed by atoms with Crippen LogP contribution in [0.2, 0.25) is 0 Å². The van der Waals surface area contributed by atoms with Crippen LogP contribution in [0.3, 0.4) is 0 Å². The first-order chi connectivity index (χ1) is 2.64. The fraction of sp³-hybridized carbons (Fsp3) is 1.00. The van der Waals surface area contributed by atoms with Crippen molar-refractivity contribution < 1.29 is 0 Å². The topological polar surface area (TPSA) is 3.24 Å². The van der Waals surface area contributed by atoms with Gasteiger partial charge in [0.05, 0.1) is 0 Å². The van der Waals surface area contributed by atoms with Gasteiger partial charge in [0.1, 0.15) is 0 Å². The molecule has 0 N–H and O–H groups in total. The Bertz CT molecular complexity index is 28.5. The van der Waals surface area contributed by atoms with Crippen LogP contribution in [0, 0.1) is 0 Å². The molecule has 0 radical (unpaired) electrons. The van der Waals surface area contributed by atoms with E-state index in [0.717, 1.165) is 4.83 Å². The van der Waals surface area contributed by atoms with Crippen LogP contribution in [0.25, 0.3) is 0 Å². The summed E-state index contributed by atoms with van der Waals surface area (Å²) in [5, 5.41) is 0. The van der Waals surface area contributed by atoms with Gasteiger partial charge in [-0.15, -0.1) is 0 Å². The normalized spacial score (nSPS) is 15.5. The van der Waals surface area contributed by atoms with Gasteiger partial charge in [0.2, 0.25) is 0 Å². The van der Waals surface area contributed by atoms with Gasteiger partial charge >= 0.3 is 47.6 Å². The van der Waals surface area contributed by atoms with Crippen molar-refractivity contribution in [2.75, 3.05) is 14.1 Å². The zero-order chi connectivity index (χ0) is 5.15. The second-order valence-corrected chi connectivity index (χ2v) is 3.73. The Balaban J connectivity index is 2.99. The Kier molecular flexibility index (Phi) is 2.88. The molecule has 0 aliphatic rings. The molecule has 0 amide bonds. The van der Waals surface area contributed by atoms with Gasteiger partial charge in [-0.05, 0) is 0 Å². The molecular formula is C4H12AsN. The molecule has 1 nitrogen and oxygen atoms in total. The van der Waals surface area contributed by atoms with Crippen molar-refractivity contribution in [3.8, 4) is 0 Å². The number of nitrogens with zero attached hydrogens (tertiary/aromatic N) is 1. The van der Waals surface area contributed by atoms with Gasteiger partial charge in [0.15, 0.2) is 0 Å². The van der Waals surface area contributed by atoms with Crippen molar-refractivity contribution in [2.45, 2.75) is 11.8 Å². The Labute approximate surface area is 48.2 Å². The summed E-state index contributed by atoms with van der Waals surface area (Å²) in [4.78, 5) is 2.94. The van der Waals surface area contributed by atoms with E-state index < -0.39 is 0 Å². The number of hydrogen-bond donors (Lipinski definition) is 0. The van der Waals surface area contributed by atoms with E-state index in [1.165, 1.54) is 0 Å². The zero-order valence-corrected chi connectivity index (χ0v) is 7.02. The first-order valence-corrected chi connectivity index (χ1v) is 3.46. The van der Waals surface area contributed by atoms with Crippen LogP contribution in [-0.4, -0.2) is 40.7 Å². The summed E-state index contributed by atoms with van der Waals surface area (Å²) in [7, 11) is 4.18. The quantitative estimate of drug-likeness (QED) is 0.455. The summed E-state index contributed by atoms with van der Waals surface area (Å²) in [6.07, 6.45) is 0. The molecular weight excluding hydrogens is 137 g/mol. The molecule has 0 fully saturated rings. The van der Waals surface area contributed by atoms with E-state index in [1.54, 1.807) is 16.9 Å². The molecule has 0 aromatic rings. The summed E-state index contributed by atoms with van der Waals surface area (Å²) in [6, 6.07) is 0. The van der Waals surface area contributed by atoms with E-state index in [9.17, 15) is 0 Å². The van der Waals surface area contributed by atoms with E-state index in [2.05, 4.69) is 25.9 Å². The molecule has 2 atom stereocenters. The van der Waals surface area contributed by atoms with Crippen molar-refractivity contribution >= 4 is 16.9 Å². The zero-order valence-electron chi connectivity index (χ0n) is 4.60. The summed E-state index contributed by atoms with van der Waals surface area (Å²) < 4.78 is 0. The van der Waals surface area contributed by atoms with E-state index >= 15 is 0 Å². The van der Waals surface area contributed by atoms with Crippen LogP contribution in [0.1, 0.15) is 6.92 Å². The monoisotopic (exact) mass is 149 g/mol. The van der Waals surface area contributed by atoms with E-state index in [0.29, 0.717) is 0 Å². The fourth-order valence-corrected chi connectivity index (χ4v) is 0. The first kappa shape index (κ1) is 6.52. The van der Waals surface area contributed by atoms with E-state index in [-0.39, 0.29) is 0 Å². The Morgan fingerprint density at radius 3 is 1.67 bits per heavy atom. The van der Waals surface area contributed by atoms with Crippen LogP contribution >= 0.6 is 0 Å². The first-order valence-electron chi connectivity index (χ1n) is 2.06. The molecule has 2 unspecified atom stereocenters. The maximum atomic E-state index is 2.19.